The second-order valence-electron chi connectivity index (χ2n) is 5.90. The Morgan fingerprint density at radius 1 is 1.42 bits per heavy atom. The van der Waals surface area contributed by atoms with Gasteiger partial charge in [-0.05, 0) is 24.6 Å². The monoisotopic (exact) mass is 347 g/mol. The van der Waals surface area contributed by atoms with Crippen LogP contribution in [-0.4, -0.2) is 50.0 Å². The van der Waals surface area contributed by atoms with E-state index in [-0.39, 0.29) is 5.91 Å². The largest absolute Gasteiger partial charge is 0.370 e. The molecule has 0 atom stereocenters. The van der Waals surface area contributed by atoms with E-state index in [0.29, 0.717) is 30.5 Å². The number of morpholine rings is 1. The minimum absolute atomic E-state index is 0.122. The zero-order valence-corrected chi connectivity index (χ0v) is 14.3. The fourth-order valence-corrected chi connectivity index (χ4v) is 2.83. The molecular formula is C17H20ClN4O2+. The Labute approximate surface area is 145 Å². The highest BCUT2D eigenvalue weighted by Crippen LogP contribution is 2.20. The number of pyridine rings is 1. The van der Waals surface area contributed by atoms with Crippen LogP contribution in [0.15, 0.2) is 29.4 Å². The Hall–Kier alpha value is -2.02. The molecule has 0 radical (unpaired) electrons. The predicted molar refractivity (Wildman–Crippen MR) is 93.6 cm³/mol. The molecule has 1 aromatic heterocycles. The zero-order valence-electron chi connectivity index (χ0n) is 13.5. The molecule has 0 bridgehead atoms. The van der Waals surface area contributed by atoms with E-state index in [1.807, 2.05) is 31.2 Å². The lowest BCUT2D eigenvalue weighted by Gasteiger charge is -2.22. The number of fused-ring (bicyclic) bond motifs is 1. The number of ether oxygens (including phenoxy) is 1. The van der Waals surface area contributed by atoms with Crippen LogP contribution in [-0.2, 0) is 9.53 Å². The minimum atomic E-state index is -0.122. The molecule has 1 aliphatic rings. The summed E-state index contributed by atoms with van der Waals surface area (Å²) in [6.45, 7) is 5.49. The number of aryl methyl sites for hydroxylation is 1. The highest BCUT2D eigenvalue weighted by Gasteiger charge is 2.17. The van der Waals surface area contributed by atoms with E-state index in [1.54, 1.807) is 0 Å². The first-order valence-electron chi connectivity index (χ1n) is 7.92. The number of amides is 1. The predicted octanol–water partition coefficient (Wildman–Crippen LogP) is 0.562. The number of carbonyl (C=O) groups excluding carboxylic acids is 1. The van der Waals surface area contributed by atoms with Crippen molar-refractivity contribution in [2.75, 3.05) is 32.8 Å². The topological polar surface area (TPSA) is 68.0 Å². The number of aromatic nitrogens is 1. The number of nitrogens with zero attached hydrogens (tertiary/aromatic N) is 2. The number of hydrogen-bond donors (Lipinski definition) is 2. The molecule has 1 saturated heterocycles. The van der Waals surface area contributed by atoms with Crippen molar-refractivity contribution >= 4 is 34.6 Å². The van der Waals surface area contributed by atoms with E-state index in [9.17, 15) is 4.79 Å². The summed E-state index contributed by atoms with van der Waals surface area (Å²) in [4.78, 5) is 17.5. The van der Waals surface area contributed by atoms with Gasteiger partial charge >= 0.3 is 0 Å². The van der Waals surface area contributed by atoms with Crippen LogP contribution in [0.2, 0.25) is 5.15 Å². The molecule has 126 valence electrons. The standard InChI is InChI=1S/C17H19ClN4O2/c1-12-2-3-13-9-14(17(18)20-15(13)8-12)10-19-21-16(23)11-22-4-6-24-7-5-22/h2-3,8-10H,4-7,11H2,1H3,(H,21,23)/p+1/b19-10-. The van der Waals surface area contributed by atoms with Crippen molar-refractivity contribution in [3.63, 3.8) is 0 Å². The molecule has 1 fully saturated rings. The molecule has 7 heteroatoms. The summed E-state index contributed by atoms with van der Waals surface area (Å²) in [7, 11) is 0. The summed E-state index contributed by atoms with van der Waals surface area (Å²) in [5.74, 6) is -0.122. The first kappa shape index (κ1) is 16.8. The second kappa shape index (κ2) is 7.70. The van der Waals surface area contributed by atoms with Gasteiger partial charge in [-0.3, -0.25) is 4.79 Å². The lowest BCUT2D eigenvalue weighted by molar-refractivity contribution is -0.900. The van der Waals surface area contributed by atoms with Gasteiger partial charge in [0.05, 0.1) is 24.9 Å². The number of hydrazone groups is 1. The van der Waals surface area contributed by atoms with E-state index >= 15 is 0 Å². The van der Waals surface area contributed by atoms with Crippen LogP contribution >= 0.6 is 11.6 Å². The summed E-state index contributed by atoms with van der Waals surface area (Å²) < 4.78 is 5.27. The van der Waals surface area contributed by atoms with E-state index in [0.717, 1.165) is 29.6 Å². The number of hydrogen-bond acceptors (Lipinski definition) is 4. The van der Waals surface area contributed by atoms with Crippen molar-refractivity contribution in [3.05, 3.63) is 40.5 Å². The van der Waals surface area contributed by atoms with Gasteiger partial charge in [-0.15, -0.1) is 0 Å². The summed E-state index contributed by atoms with van der Waals surface area (Å²) >= 11 is 6.19. The van der Waals surface area contributed by atoms with Crippen LogP contribution in [0.25, 0.3) is 10.9 Å². The summed E-state index contributed by atoms with van der Waals surface area (Å²) in [6, 6.07) is 7.90. The van der Waals surface area contributed by atoms with Gasteiger partial charge in [0.15, 0.2) is 6.54 Å². The Morgan fingerprint density at radius 2 is 2.21 bits per heavy atom. The normalized spacial score (nSPS) is 15.9. The van der Waals surface area contributed by atoms with Crippen molar-refractivity contribution in [2.24, 2.45) is 5.10 Å². The lowest BCUT2D eigenvalue weighted by Crippen LogP contribution is -3.15. The molecule has 0 aliphatic carbocycles. The molecule has 1 aliphatic heterocycles. The zero-order chi connectivity index (χ0) is 16.9. The van der Waals surface area contributed by atoms with E-state index < -0.39 is 0 Å². The SMILES string of the molecule is Cc1ccc2cc(/C=N\NC(=O)C[NH+]3CCOCC3)c(Cl)nc2c1. The second-order valence-corrected chi connectivity index (χ2v) is 6.25. The lowest BCUT2D eigenvalue weighted by atomic mass is 10.1. The van der Waals surface area contributed by atoms with Gasteiger partial charge in [-0.2, -0.15) is 5.10 Å². The molecule has 1 amide bonds. The van der Waals surface area contributed by atoms with Crippen molar-refractivity contribution < 1.29 is 14.4 Å². The Kier molecular flexibility index (Phi) is 5.40. The van der Waals surface area contributed by atoms with Gasteiger partial charge in [0, 0.05) is 10.9 Å². The summed E-state index contributed by atoms with van der Waals surface area (Å²) in [5, 5.41) is 5.35. The number of carbonyl (C=O) groups is 1. The highest BCUT2D eigenvalue weighted by atomic mass is 35.5. The number of halogens is 1. The van der Waals surface area contributed by atoms with Crippen LogP contribution in [0.3, 0.4) is 0 Å². The van der Waals surface area contributed by atoms with E-state index in [4.69, 9.17) is 16.3 Å². The van der Waals surface area contributed by atoms with Crippen molar-refractivity contribution in [2.45, 2.75) is 6.92 Å². The van der Waals surface area contributed by atoms with Crippen LogP contribution in [0.5, 0.6) is 0 Å². The molecule has 1 aromatic carbocycles. The number of benzene rings is 1. The van der Waals surface area contributed by atoms with Gasteiger partial charge < -0.3 is 9.64 Å². The molecule has 0 spiro atoms. The van der Waals surface area contributed by atoms with Gasteiger partial charge in [0.2, 0.25) is 0 Å². The number of quaternary nitrogens is 1. The number of rotatable bonds is 4. The molecular weight excluding hydrogens is 328 g/mol. The summed E-state index contributed by atoms with van der Waals surface area (Å²) in [6.07, 6.45) is 1.53. The van der Waals surface area contributed by atoms with Crippen LogP contribution in [0, 0.1) is 6.92 Å². The third kappa shape index (κ3) is 4.29. The third-order valence-electron chi connectivity index (χ3n) is 3.96. The molecule has 0 unspecified atom stereocenters. The van der Waals surface area contributed by atoms with E-state index in [1.165, 1.54) is 11.1 Å². The molecule has 24 heavy (non-hydrogen) atoms. The average Bonchev–Trinajstić information content (AvgIpc) is 2.56. The van der Waals surface area contributed by atoms with Crippen molar-refractivity contribution in [3.8, 4) is 0 Å². The van der Waals surface area contributed by atoms with Gasteiger partial charge in [0.25, 0.3) is 5.91 Å². The average molecular weight is 348 g/mol. The van der Waals surface area contributed by atoms with Gasteiger partial charge in [-0.1, -0.05) is 23.7 Å². The van der Waals surface area contributed by atoms with Crippen molar-refractivity contribution in [1.82, 2.24) is 10.4 Å². The Bertz CT molecular complexity index is 773. The molecule has 2 aromatic rings. The minimum Gasteiger partial charge on any atom is -0.370 e. The van der Waals surface area contributed by atoms with Crippen LogP contribution in [0.1, 0.15) is 11.1 Å². The fraction of sp³-hybridized carbons (Fsp3) is 0.353. The van der Waals surface area contributed by atoms with Gasteiger partial charge in [-0.25, -0.2) is 10.4 Å². The Morgan fingerprint density at radius 3 is 3.00 bits per heavy atom. The van der Waals surface area contributed by atoms with Crippen LogP contribution < -0.4 is 10.3 Å². The maximum absolute atomic E-state index is 11.9. The fourth-order valence-electron chi connectivity index (χ4n) is 2.64. The molecule has 3 rings (SSSR count). The van der Waals surface area contributed by atoms with Crippen LogP contribution in [0.4, 0.5) is 0 Å². The quantitative estimate of drug-likeness (QED) is 0.482. The smallest absolute Gasteiger partial charge is 0.295 e. The summed E-state index contributed by atoms with van der Waals surface area (Å²) in [5.41, 5.74) is 5.19. The molecule has 6 nitrogen and oxygen atoms in total. The van der Waals surface area contributed by atoms with Gasteiger partial charge in [0.1, 0.15) is 18.2 Å². The molecule has 0 saturated carbocycles. The van der Waals surface area contributed by atoms with E-state index in [2.05, 4.69) is 15.5 Å². The first-order valence-corrected chi connectivity index (χ1v) is 8.30. The molecule has 2 N–H and O–H groups in total. The number of nitrogens with one attached hydrogen (secondary N) is 2. The highest BCUT2D eigenvalue weighted by molar-refractivity contribution is 6.32. The maximum atomic E-state index is 11.9. The molecule has 2 heterocycles. The maximum Gasteiger partial charge on any atom is 0.295 e. The Balaban J connectivity index is 1.63. The first-order chi connectivity index (χ1) is 11.6. The third-order valence-corrected chi connectivity index (χ3v) is 4.26. The van der Waals surface area contributed by atoms with Crippen molar-refractivity contribution in [1.29, 1.82) is 0 Å².